The van der Waals surface area contributed by atoms with Crippen LogP contribution < -0.4 is 9.58 Å². The van der Waals surface area contributed by atoms with Crippen molar-refractivity contribution in [2.24, 2.45) is 5.10 Å². The monoisotopic (exact) mass is 381 g/mol. The molecule has 6 nitrogen and oxygen atoms in total. The SMILES string of the molecule is CN(N=Cc1ccc[n+](CCCCS(=O)(=O)[O-])c1)c1ccc(Cl)cc1. The lowest BCUT2D eigenvalue weighted by molar-refractivity contribution is -0.697. The number of hydrogen-bond donors (Lipinski definition) is 0. The Labute approximate surface area is 153 Å². The van der Waals surface area contributed by atoms with Crippen molar-refractivity contribution in [3.63, 3.8) is 0 Å². The first-order chi connectivity index (χ1) is 11.8. The normalized spacial score (nSPS) is 11.8. The Kier molecular flexibility index (Phi) is 6.92. The summed E-state index contributed by atoms with van der Waals surface area (Å²) in [6, 6.07) is 11.2. The van der Waals surface area contributed by atoms with Gasteiger partial charge in [0, 0.05) is 30.3 Å². The van der Waals surface area contributed by atoms with Crippen LogP contribution in [0.2, 0.25) is 5.02 Å². The van der Waals surface area contributed by atoms with Crippen LogP contribution in [0.4, 0.5) is 5.69 Å². The molecule has 0 spiro atoms. The number of pyridine rings is 1. The van der Waals surface area contributed by atoms with E-state index >= 15 is 0 Å². The van der Waals surface area contributed by atoms with Crippen LogP contribution in [0.1, 0.15) is 18.4 Å². The van der Waals surface area contributed by atoms with E-state index in [1.54, 1.807) is 11.2 Å². The van der Waals surface area contributed by atoms with Crippen LogP contribution >= 0.6 is 11.6 Å². The Bertz CT molecular complexity index is 823. The van der Waals surface area contributed by atoms with E-state index in [4.69, 9.17) is 11.6 Å². The van der Waals surface area contributed by atoms with E-state index in [0.717, 1.165) is 11.3 Å². The number of hydrazone groups is 1. The Morgan fingerprint density at radius 1 is 1.24 bits per heavy atom. The van der Waals surface area contributed by atoms with E-state index in [0.29, 0.717) is 24.4 Å². The van der Waals surface area contributed by atoms with Gasteiger partial charge < -0.3 is 4.55 Å². The zero-order valence-corrected chi connectivity index (χ0v) is 15.4. The smallest absolute Gasteiger partial charge is 0.177 e. The lowest BCUT2D eigenvalue weighted by Gasteiger charge is -2.12. The van der Waals surface area contributed by atoms with Gasteiger partial charge in [-0.05, 0) is 36.8 Å². The number of nitrogens with zero attached hydrogens (tertiary/aromatic N) is 3. The fourth-order valence-electron chi connectivity index (χ4n) is 2.21. The molecule has 1 heterocycles. The van der Waals surface area contributed by atoms with Crippen molar-refractivity contribution in [1.82, 2.24) is 0 Å². The summed E-state index contributed by atoms with van der Waals surface area (Å²) in [5, 5.41) is 6.81. The molecular weight excluding hydrogens is 362 g/mol. The van der Waals surface area contributed by atoms with Crippen LogP contribution in [0, 0.1) is 0 Å². The van der Waals surface area contributed by atoms with E-state index in [1.165, 1.54) is 0 Å². The maximum Gasteiger partial charge on any atom is 0.177 e. The van der Waals surface area contributed by atoms with Gasteiger partial charge in [0.1, 0.15) is 6.54 Å². The molecule has 0 radical (unpaired) electrons. The third-order valence-corrected chi connectivity index (χ3v) is 4.56. The molecule has 0 aliphatic heterocycles. The van der Waals surface area contributed by atoms with Crippen LogP contribution in [0.15, 0.2) is 53.9 Å². The maximum atomic E-state index is 10.6. The van der Waals surface area contributed by atoms with Gasteiger partial charge in [-0.3, -0.25) is 5.01 Å². The van der Waals surface area contributed by atoms with Crippen LogP contribution in [-0.2, 0) is 16.7 Å². The van der Waals surface area contributed by atoms with Crippen molar-refractivity contribution in [1.29, 1.82) is 0 Å². The van der Waals surface area contributed by atoms with Crippen molar-refractivity contribution >= 4 is 33.6 Å². The molecule has 0 saturated carbocycles. The third-order valence-electron chi connectivity index (χ3n) is 3.52. The van der Waals surface area contributed by atoms with Crippen molar-refractivity contribution in [3.05, 3.63) is 59.4 Å². The van der Waals surface area contributed by atoms with Gasteiger partial charge in [0.15, 0.2) is 12.4 Å². The lowest BCUT2D eigenvalue weighted by atomic mass is 10.3. The number of rotatable bonds is 8. The number of unbranched alkanes of at least 4 members (excludes halogenated alkanes) is 1. The average Bonchev–Trinajstić information content (AvgIpc) is 2.57. The molecule has 0 amide bonds. The molecule has 0 aliphatic carbocycles. The Hall–Kier alpha value is -1.96. The highest BCUT2D eigenvalue weighted by molar-refractivity contribution is 7.85. The highest BCUT2D eigenvalue weighted by Gasteiger charge is 2.04. The van der Waals surface area contributed by atoms with E-state index < -0.39 is 10.1 Å². The van der Waals surface area contributed by atoms with E-state index in [-0.39, 0.29) is 5.75 Å². The van der Waals surface area contributed by atoms with Gasteiger partial charge in [-0.1, -0.05) is 11.6 Å². The van der Waals surface area contributed by atoms with Gasteiger partial charge >= 0.3 is 0 Å². The van der Waals surface area contributed by atoms with Gasteiger partial charge in [0.2, 0.25) is 0 Å². The molecule has 1 aromatic carbocycles. The molecule has 25 heavy (non-hydrogen) atoms. The molecule has 0 aliphatic rings. The van der Waals surface area contributed by atoms with Gasteiger partial charge in [0.25, 0.3) is 0 Å². The molecule has 8 heteroatoms. The van der Waals surface area contributed by atoms with Crippen molar-refractivity contribution in [2.75, 3.05) is 17.8 Å². The topological polar surface area (TPSA) is 76.7 Å². The second kappa shape index (κ2) is 8.94. The van der Waals surface area contributed by atoms with Gasteiger partial charge in [0.05, 0.1) is 27.6 Å². The average molecular weight is 382 g/mol. The first-order valence-corrected chi connectivity index (χ1v) is 9.75. The predicted octanol–water partition coefficient (Wildman–Crippen LogP) is 2.42. The molecule has 0 saturated heterocycles. The molecular formula is C17H20ClN3O3S. The van der Waals surface area contributed by atoms with Crippen LogP contribution in [0.25, 0.3) is 0 Å². The summed E-state index contributed by atoms with van der Waals surface area (Å²) >= 11 is 5.87. The van der Waals surface area contributed by atoms with Crippen LogP contribution in [0.5, 0.6) is 0 Å². The summed E-state index contributed by atoms with van der Waals surface area (Å²) in [5.41, 5.74) is 1.84. The minimum Gasteiger partial charge on any atom is -0.748 e. The number of hydrogen-bond acceptors (Lipinski definition) is 5. The number of halogens is 1. The van der Waals surface area contributed by atoms with E-state index in [9.17, 15) is 13.0 Å². The summed E-state index contributed by atoms with van der Waals surface area (Å²) in [6.45, 7) is 0.643. The molecule has 0 bridgehead atoms. The minimum absolute atomic E-state index is 0.319. The Balaban J connectivity index is 1.92. The third kappa shape index (κ3) is 7.21. The number of benzene rings is 1. The molecule has 0 N–H and O–H groups in total. The fourth-order valence-corrected chi connectivity index (χ4v) is 2.89. The summed E-state index contributed by atoms with van der Waals surface area (Å²) in [4.78, 5) is 0. The zero-order valence-electron chi connectivity index (χ0n) is 13.9. The maximum absolute atomic E-state index is 10.6. The molecule has 0 fully saturated rings. The second-order valence-corrected chi connectivity index (χ2v) is 7.55. The quantitative estimate of drug-likeness (QED) is 0.231. The highest BCUT2D eigenvalue weighted by Crippen LogP contribution is 2.16. The van der Waals surface area contributed by atoms with Crippen molar-refractivity contribution in [2.45, 2.75) is 19.4 Å². The molecule has 1 aromatic heterocycles. The summed E-state index contributed by atoms with van der Waals surface area (Å²) in [5.74, 6) is -0.319. The van der Waals surface area contributed by atoms with Gasteiger partial charge in [-0.15, -0.1) is 0 Å². The summed E-state index contributed by atoms with van der Waals surface area (Å²) < 4.78 is 33.7. The Morgan fingerprint density at radius 3 is 2.64 bits per heavy atom. The van der Waals surface area contributed by atoms with Gasteiger partial charge in [-0.2, -0.15) is 5.10 Å². The van der Waals surface area contributed by atoms with Crippen LogP contribution in [-0.4, -0.2) is 32.0 Å². The van der Waals surface area contributed by atoms with E-state index in [2.05, 4.69) is 5.10 Å². The fraction of sp³-hybridized carbons (Fsp3) is 0.294. The van der Waals surface area contributed by atoms with Gasteiger partial charge in [-0.25, -0.2) is 13.0 Å². The summed E-state index contributed by atoms with van der Waals surface area (Å²) in [6.07, 6.45) is 6.54. The standard InChI is InChI=1S/C17H20ClN3O3S/c1-20(17-8-6-16(18)7-9-17)19-13-15-5-4-11-21(14-15)10-2-3-12-25(22,23)24/h4-9,11,13-14H,2-3,10,12H2,1H3. The van der Waals surface area contributed by atoms with Crippen molar-refractivity contribution in [3.8, 4) is 0 Å². The number of aryl methyl sites for hydroxylation is 1. The largest absolute Gasteiger partial charge is 0.748 e. The molecule has 2 aromatic rings. The van der Waals surface area contributed by atoms with Crippen molar-refractivity contribution < 1.29 is 17.5 Å². The first kappa shape index (κ1) is 19.4. The highest BCUT2D eigenvalue weighted by atomic mass is 35.5. The minimum atomic E-state index is -4.13. The van der Waals surface area contributed by atoms with Crippen LogP contribution in [0.3, 0.4) is 0 Å². The molecule has 2 rings (SSSR count). The van der Waals surface area contributed by atoms with E-state index in [1.807, 2.05) is 60.4 Å². The number of anilines is 1. The first-order valence-electron chi connectivity index (χ1n) is 7.79. The predicted molar refractivity (Wildman–Crippen MR) is 97.9 cm³/mol. The zero-order chi connectivity index (χ0) is 18.3. The number of aromatic nitrogens is 1. The molecule has 134 valence electrons. The second-order valence-electron chi connectivity index (χ2n) is 5.59. The molecule has 0 unspecified atom stereocenters. The Morgan fingerprint density at radius 2 is 1.96 bits per heavy atom. The summed E-state index contributed by atoms with van der Waals surface area (Å²) in [7, 11) is -2.28. The molecule has 0 atom stereocenters. The lowest BCUT2D eigenvalue weighted by Crippen LogP contribution is -2.33.